The van der Waals surface area contributed by atoms with Crippen molar-refractivity contribution < 1.29 is 4.74 Å². The zero-order valence-corrected chi connectivity index (χ0v) is 12.9. The number of nitrogens with one attached hydrogen (secondary N) is 1. The molecule has 1 aliphatic rings. The number of ether oxygens (including phenoxy) is 1. The molecular weight excluding hydrogens is 298 g/mol. The molecular formula is C13H20BrNOS. The molecule has 0 aliphatic heterocycles. The third kappa shape index (κ3) is 2.60. The minimum absolute atomic E-state index is 0.0127. The van der Waals surface area contributed by atoms with Gasteiger partial charge in [0.1, 0.15) is 0 Å². The Balaban J connectivity index is 2.21. The Morgan fingerprint density at radius 1 is 1.53 bits per heavy atom. The van der Waals surface area contributed by atoms with Crippen molar-refractivity contribution in [3.05, 3.63) is 20.8 Å². The summed E-state index contributed by atoms with van der Waals surface area (Å²) in [6, 6.07) is 0.321. The molecule has 17 heavy (non-hydrogen) atoms. The molecule has 1 aromatic heterocycles. The number of hydrogen-bond acceptors (Lipinski definition) is 3. The van der Waals surface area contributed by atoms with Crippen LogP contribution in [-0.4, -0.2) is 19.3 Å². The van der Waals surface area contributed by atoms with Gasteiger partial charge in [0.25, 0.3) is 0 Å². The predicted molar refractivity (Wildman–Crippen MR) is 76.6 cm³/mol. The quantitative estimate of drug-likeness (QED) is 0.852. The van der Waals surface area contributed by atoms with Crippen molar-refractivity contribution in [1.82, 2.24) is 5.32 Å². The van der Waals surface area contributed by atoms with E-state index >= 15 is 0 Å². The fourth-order valence-electron chi connectivity index (χ4n) is 2.50. The normalized spacial score (nSPS) is 19.9. The first-order valence-corrected chi connectivity index (χ1v) is 7.97. The Morgan fingerprint density at radius 2 is 2.29 bits per heavy atom. The van der Waals surface area contributed by atoms with E-state index in [-0.39, 0.29) is 5.60 Å². The van der Waals surface area contributed by atoms with E-state index in [9.17, 15) is 0 Å². The van der Waals surface area contributed by atoms with Gasteiger partial charge in [-0.15, -0.1) is 0 Å². The summed E-state index contributed by atoms with van der Waals surface area (Å²) in [4.78, 5) is 0. The van der Waals surface area contributed by atoms with Crippen LogP contribution in [0, 0.1) is 0 Å². The van der Waals surface area contributed by atoms with Crippen molar-refractivity contribution in [1.29, 1.82) is 0 Å². The maximum Gasteiger partial charge on any atom is 0.0873 e. The molecule has 0 aromatic carbocycles. The van der Waals surface area contributed by atoms with Gasteiger partial charge in [-0.2, -0.15) is 11.3 Å². The molecule has 1 unspecified atom stereocenters. The molecule has 0 spiro atoms. The summed E-state index contributed by atoms with van der Waals surface area (Å²) in [5.74, 6) is 0. The van der Waals surface area contributed by atoms with Gasteiger partial charge in [0.05, 0.1) is 11.6 Å². The van der Waals surface area contributed by atoms with E-state index < -0.39 is 0 Å². The SMILES string of the molecule is CCCNC(c1cscc1Br)C1(OC)CCC1. The molecule has 0 bridgehead atoms. The Kier molecular flexibility index (Phi) is 4.64. The lowest BCUT2D eigenvalue weighted by molar-refractivity contribution is -0.0998. The van der Waals surface area contributed by atoms with Crippen molar-refractivity contribution in [2.24, 2.45) is 0 Å². The Bertz CT molecular complexity index is 357. The van der Waals surface area contributed by atoms with E-state index in [4.69, 9.17) is 4.74 Å². The molecule has 2 rings (SSSR count). The summed E-state index contributed by atoms with van der Waals surface area (Å²) < 4.78 is 7.04. The summed E-state index contributed by atoms with van der Waals surface area (Å²) in [5.41, 5.74) is 1.36. The smallest absolute Gasteiger partial charge is 0.0873 e. The van der Waals surface area contributed by atoms with Gasteiger partial charge in [-0.25, -0.2) is 0 Å². The molecule has 1 saturated carbocycles. The van der Waals surface area contributed by atoms with Crippen molar-refractivity contribution in [2.75, 3.05) is 13.7 Å². The average Bonchev–Trinajstić information content (AvgIpc) is 2.68. The lowest BCUT2D eigenvalue weighted by Gasteiger charge is -2.47. The van der Waals surface area contributed by atoms with Crippen molar-refractivity contribution in [3.63, 3.8) is 0 Å². The second kappa shape index (κ2) is 5.83. The minimum Gasteiger partial charge on any atom is -0.376 e. The van der Waals surface area contributed by atoms with Crippen LogP contribution in [0.2, 0.25) is 0 Å². The average molecular weight is 318 g/mol. The lowest BCUT2D eigenvalue weighted by Crippen LogP contribution is -2.50. The second-order valence-electron chi connectivity index (χ2n) is 4.68. The highest BCUT2D eigenvalue weighted by Crippen LogP contribution is 2.47. The third-order valence-electron chi connectivity index (χ3n) is 3.68. The van der Waals surface area contributed by atoms with Crippen LogP contribution < -0.4 is 5.32 Å². The molecule has 1 heterocycles. The van der Waals surface area contributed by atoms with Crippen LogP contribution in [0.4, 0.5) is 0 Å². The van der Waals surface area contributed by atoms with Crippen molar-refractivity contribution in [2.45, 2.75) is 44.2 Å². The molecule has 1 atom stereocenters. The fourth-order valence-corrected chi connectivity index (χ4v) is 4.05. The van der Waals surface area contributed by atoms with Gasteiger partial charge in [0.2, 0.25) is 0 Å². The van der Waals surface area contributed by atoms with Gasteiger partial charge in [0, 0.05) is 17.0 Å². The Morgan fingerprint density at radius 3 is 2.71 bits per heavy atom. The van der Waals surface area contributed by atoms with E-state index in [1.165, 1.54) is 16.5 Å². The zero-order valence-electron chi connectivity index (χ0n) is 10.5. The Labute approximate surface area is 116 Å². The van der Waals surface area contributed by atoms with Gasteiger partial charge < -0.3 is 10.1 Å². The number of halogens is 1. The summed E-state index contributed by atoms with van der Waals surface area (Å²) in [7, 11) is 1.85. The first kappa shape index (κ1) is 13.5. The number of rotatable bonds is 6. The number of hydrogen-bond donors (Lipinski definition) is 1. The molecule has 1 aliphatic carbocycles. The molecule has 1 aromatic rings. The molecule has 0 radical (unpaired) electrons. The number of thiophene rings is 1. The van der Waals surface area contributed by atoms with Crippen molar-refractivity contribution in [3.8, 4) is 0 Å². The maximum absolute atomic E-state index is 5.83. The molecule has 96 valence electrons. The highest BCUT2D eigenvalue weighted by Gasteiger charge is 2.45. The van der Waals surface area contributed by atoms with E-state index in [0.717, 1.165) is 25.8 Å². The van der Waals surface area contributed by atoms with E-state index in [1.807, 2.05) is 7.11 Å². The molecule has 1 fully saturated rings. The fraction of sp³-hybridized carbons (Fsp3) is 0.692. The largest absolute Gasteiger partial charge is 0.376 e. The van der Waals surface area contributed by atoms with Gasteiger partial charge in [-0.1, -0.05) is 6.92 Å². The highest BCUT2D eigenvalue weighted by atomic mass is 79.9. The van der Waals surface area contributed by atoms with E-state index in [2.05, 4.69) is 38.9 Å². The van der Waals surface area contributed by atoms with Crippen LogP contribution in [0.25, 0.3) is 0 Å². The second-order valence-corrected chi connectivity index (χ2v) is 6.28. The minimum atomic E-state index is 0.0127. The molecule has 1 N–H and O–H groups in total. The van der Waals surface area contributed by atoms with E-state index in [0.29, 0.717) is 6.04 Å². The van der Waals surface area contributed by atoms with Crippen LogP contribution in [0.5, 0.6) is 0 Å². The van der Waals surface area contributed by atoms with Crippen LogP contribution >= 0.6 is 27.3 Å². The first-order chi connectivity index (χ1) is 8.23. The Hall–Kier alpha value is 0.1000. The predicted octanol–water partition coefficient (Wildman–Crippen LogP) is 4.12. The van der Waals surface area contributed by atoms with Gasteiger partial charge in [0.15, 0.2) is 0 Å². The lowest BCUT2D eigenvalue weighted by atomic mass is 9.72. The standard InChI is InChI=1S/C13H20BrNOS/c1-3-7-15-12(10-8-17-9-11(10)14)13(16-2)5-4-6-13/h8-9,12,15H,3-7H2,1-2H3. The third-order valence-corrected chi connectivity index (χ3v) is 5.44. The molecule has 2 nitrogen and oxygen atoms in total. The summed E-state index contributed by atoms with van der Waals surface area (Å²) in [5, 5.41) is 8.04. The van der Waals surface area contributed by atoms with Crippen LogP contribution in [-0.2, 0) is 4.74 Å². The first-order valence-electron chi connectivity index (χ1n) is 6.23. The topological polar surface area (TPSA) is 21.3 Å². The van der Waals surface area contributed by atoms with E-state index in [1.54, 1.807) is 11.3 Å². The molecule has 0 amide bonds. The summed E-state index contributed by atoms with van der Waals surface area (Å²) in [6.07, 6.45) is 4.75. The highest BCUT2D eigenvalue weighted by molar-refractivity contribution is 9.10. The van der Waals surface area contributed by atoms with Gasteiger partial charge in [-0.3, -0.25) is 0 Å². The summed E-state index contributed by atoms with van der Waals surface area (Å²) >= 11 is 5.40. The van der Waals surface area contributed by atoms with Crippen molar-refractivity contribution >= 4 is 27.3 Å². The van der Waals surface area contributed by atoms with Gasteiger partial charge >= 0.3 is 0 Å². The van der Waals surface area contributed by atoms with Crippen LogP contribution in [0.3, 0.4) is 0 Å². The molecule has 0 saturated heterocycles. The molecule has 4 heteroatoms. The van der Waals surface area contributed by atoms with Gasteiger partial charge in [-0.05, 0) is 59.1 Å². The van der Waals surface area contributed by atoms with Crippen LogP contribution in [0.15, 0.2) is 15.2 Å². The maximum atomic E-state index is 5.83. The van der Waals surface area contributed by atoms with Crippen LogP contribution in [0.1, 0.15) is 44.2 Å². The monoisotopic (exact) mass is 317 g/mol. The number of methoxy groups -OCH3 is 1. The zero-order chi connectivity index (χ0) is 12.3. The summed E-state index contributed by atoms with van der Waals surface area (Å²) in [6.45, 7) is 3.24.